The van der Waals surface area contributed by atoms with Crippen LogP contribution in [-0.2, 0) is 24.2 Å². The molecule has 0 aliphatic carbocycles. The number of rotatable bonds is 6. The summed E-state index contributed by atoms with van der Waals surface area (Å²) in [6.07, 6.45) is 1.80. The number of benzene rings is 3. The summed E-state index contributed by atoms with van der Waals surface area (Å²) in [5, 5.41) is 18.0. The Labute approximate surface area is 187 Å². The Balaban J connectivity index is 1.33. The molecule has 1 heterocycles. The van der Waals surface area contributed by atoms with Gasteiger partial charge >= 0.3 is 0 Å². The number of aryl methyl sites for hydroxylation is 1. The second kappa shape index (κ2) is 9.90. The van der Waals surface area contributed by atoms with Gasteiger partial charge in [-0.1, -0.05) is 18.2 Å². The summed E-state index contributed by atoms with van der Waals surface area (Å²) in [6.45, 7) is 1.77. The van der Waals surface area contributed by atoms with Crippen molar-refractivity contribution < 1.29 is 9.59 Å². The Hall–Kier alpha value is -3.95. The average Bonchev–Trinajstić information content (AvgIpc) is 2.83. The zero-order valence-corrected chi connectivity index (χ0v) is 17.7. The van der Waals surface area contributed by atoms with Crippen molar-refractivity contribution in [3.05, 3.63) is 94.5 Å². The Bertz CT molecular complexity index is 1180. The highest BCUT2D eigenvalue weighted by Gasteiger charge is 2.13. The van der Waals surface area contributed by atoms with Gasteiger partial charge < -0.3 is 16.0 Å². The lowest BCUT2D eigenvalue weighted by Crippen LogP contribution is -2.24. The molecule has 1 aliphatic heterocycles. The van der Waals surface area contributed by atoms with Gasteiger partial charge in [0.1, 0.15) is 0 Å². The maximum absolute atomic E-state index is 12.7. The molecule has 1 aliphatic rings. The Kier molecular flexibility index (Phi) is 6.59. The lowest BCUT2D eigenvalue weighted by Gasteiger charge is -2.17. The van der Waals surface area contributed by atoms with Crippen LogP contribution < -0.4 is 16.0 Å². The quantitative estimate of drug-likeness (QED) is 0.557. The summed E-state index contributed by atoms with van der Waals surface area (Å²) in [5.41, 5.74) is 6.00. The molecule has 0 saturated heterocycles. The first-order valence-electron chi connectivity index (χ1n) is 10.6. The Morgan fingerprint density at radius 1 is 0.938 bits per heavy atom. The van der Waals surface area contributed by atoms with Crippen LogP contribution in [0.15, 0.2) is 66.7 Å². The first-order valence-corrected chi connectivity index (χ1v) is 10.6. The van der Waals surface area contributed by atoms with Gasteiger partial charge in [0.05, 0.1) is 11.6 Å². The highest BCUT2D eigenvalue weighted by atomic mass is 16.2. The van der Waals surface area contributed by atoms with Crippen LogP contribution >= 0.6 is 0 Å². The number of anilines is 2. The fourth-order valence-corrected chi connectivity index (χ4v) is 3.74. The van der Waals surface area contributed by atoms with Gasteiger partial charge in [-0.25, -0.2) is 0 Å². The van der Waals surface area contributed by atoms with Crippen molar-refractivity contribution in [2.75, 3.05) is 17.2 Å². The van der Waals surface area contributed by atoms with Crippen molar-refractivity contribution in [1.82, 2.24) is 5.32 Å². The number of hydrogen-bond acceptors (Lipinski definition) is 4. The molecule has 0 radical (unpaired) electrons. The maximum atomic E-state index is 12.7. The summed E-state index contributed by atoms with van der Waals surface area (Å²) in [7, 11) is 0. The minimum Gasteiger partial charge on any atom is -0.326 e. The molecule has 0 aromatic heterocycles. The van der Waals surface area contributed by atoms with E-state index in [0.29, 0.717) is 35.3 Å². The van der Waals surface area contributed by atoms with Crippen molar-refractivity contribution >= 4 is 23.2 Å². The van der Waals surface area contributed by atoms with E-state index in [9.17, 15) is 9.59 Å². The summed E-state index contributed by atoms with van der Waals surface area (Å²) in [5.74, 6) is -0.241. The first-order chi connectivity index (χ1) is 15.6. The third kappa shape index (κ3) is 5.39. The second-order valence-corrected chi connectivity index (χ2v) is 7.80. The van der Waals surface area contributed by atoms with Crippen molar-refractivity contribution in [1.29, 1.82) is 5.26 Å². The molecule has 3 aromatic rings. The van der Waals surface area contributed by atoms with Crippen LogP contribution in [0.5, 0.6) is 0 Å². The topological polar surface area (TPSA) is 94.0 Å². The molecule has 2 amide bonds. The van der Waals surface area contributed by atoms with Crippen LogP contribution in [0.3, 0.4) is 0 Å². The lowest BCUT2D eigenvalue weighted by molar-refractivity contribution is -0.116. The van der Waals surface area contributed by atoms with Gasteiger partial charge in [0, 0.05) is 29.9 Å². The van der Waals surface area contributed by atoms with Crippen molar-refractivity contribution in [2.45, 2.75) is 25.8 Å². The highest BCUT2D eigenvalue weighted by Crippen LogP contribution is 2.18. The Morgan fingerprint density at radius 2 is 1.78 bits per heavy atom. The van der Waals surface area contributed by atoms with E-state index in [1.54, 1.807) is 24.3 Å². The molecule has 0 unspecified atom stereocenters. The first kappa shape index (κ1) is 21.3. The predicted octanol–water partition coefficient (Wildman–Crippen LogP) is 4.03. The number of nitrogens with one attached hydrogen (secondary N) is 3. The van der Waals surface area contributed by atoms with Crippen molar-refractivity contribution in [3.8, 4) is 6.07 Å². The molecule has 0 bridgehead atoms. The monoisotopic (exact) mass is 424 g/mol. The van der Waals surface area contributed by atoms with E-state index in [2.05, 4.69) is 22.0 Å². The zero-order chi connectivity index (χ0) is 22.3. The van der Waals surface area contributed by atoms with Crippen LogP contribution in [0.1, 0.15) is 39.0 Å². The predicted molar refractivity (Wildman–Crippen MR) is 124 cm³/mol. The number of fused-ring (bicyclic) bond motifs is 1. The van der Waals surface area contributed by atoms with Crippen LogP contribution in [0, 0.1) is 11.3 Å². The summed E-state index contributed by atoms with van der Waals surface area (Å²) in [4.78, 5) is 25.0. The smallest absolute Gasteiger partial charge is 0.255 e. The van der Waals surface area contributed by atoms with Crippen LogP contribution in [0.25, 0.3) is 0 Å². The number of carbonyl (C=O) groups is 2. The third-order valence-electron chi connectivity index (χ3n) is 5.48. The van der Waals surface area contributed by atoms with Gasteiger partial charge in [-0.05, 0) is 84.6 Å². The van der Waals surface area contributed by atoms with Crippen molar-refractivity contribution in [3.63, 3.8) is 0 Å². The minimum atomic E-state index is -0.137. The highest BCUT2D eigenvalue weighted by molar-refractivity contribution is 6.04. The van der Waals surface area contributed by atoms with Gasteiger partial charge in [0.15, 0.2) is 0 Å². The number of hydrogen-bond donors (Lipinski definition) is 3. The molecule has 160 valence electrons. The fourth-order valence-electron chi connectivity index (χ4n) is 3.74. The molecule has 3 aromatic carbocycles. The maximum Gasteiger partial charge on any atom is 0.255 e. The summed E-state index contributed by atoms with van der Waals surface area (Å²) >= 11 is 0. The van der Waals surface area contributed by atoms with E-state index in [1.165, 1.54) is 11.1 Å². The standard InChI is InChI=1S/C26H24N4O2/c27-16-19-4-9-23(10-5-19)29-25(31)11-6-18-2-1-3-24(14-18)30-26(32)21-7-8-22-17-28-13-12-20(22)15-21/h1-5,7-10,14-15,28H,6,11-13,17H2,(H,29,31)(H,30,32). The van der Waals surface area contributed by atoms with Gasteiger partial charge in [0.2, 0.25) is 5.91 Å². The minimum absolute atomic E-state index is 0.104. The van der Waals surface area contributed by atoms with Gasteiger partial charge in [0.25, 0.3) is 5.91 Å². The van der Waals surface area contributed by atoms with E-state index < -0.39 is 0 Å². The number of nitrogens with zero attached hydrogens (tertiary/aromatic N) is 1. The third-order valence-corrected chi connectivity index (χ3v) is 5.48. The van der Waals surface area contributed by atoms with E-state index in [0.717, 1.165) is 25.1 Å². The Morgan fingerprint density at radius 3 is 2.59 bits per heavy atom. The lowest BCUT2D eigenvalue weighted by atomic mass is 9.98. The van der Waals surface area contributed by atoms with E-state index >= 15 is 0 Å². The van der Waals surface area contributed by atoms with Gasteiger partial charge in [-0.2, -0.15) is 5.26 Å². The molecule has 0 atom stereocenters. The molecular weight excluding hydrogens is 400 g/mol. The molecular formula is C26H24N4O2. The molecule has 6 heteroatoms. The van der Waals surface area contributed by atoms with Crippen LogP contribution in [0.4, 0.5) is 11.4 Å². The largest absolute Gasteiger partial charge is 0.326 e. The van der Waals surface area contributed by atoms with Gasteiger partial charge in [-0.3, -0.25) is 9.59 Å². The average molecular weight is 425 g/mol. The van der Waals surface area contributed by atoms with Crippen LogP contribution in [-0.4, -0.2) is 18.4 Å². The molecule has 32 heavy (non-hydrogen) atoms. The summed E-state index contributed by atoms with van der Waals surface area (Å²) < 4.78 is 0. The van der Waals surface area contributed by atoms with Crippen molar-refractivity contribution in [2.24, 2.45) is 0 Å². The zero-order valence-electron chi connectivity index (χ0n) is 17.7. The van der Waals surface area contributed by atoms with Gasteiger partial charge in [-0.15, -0.1) is 0 Å². The number of carbonyl (C=O) groups excluding carboxylic acids is 2. The van der Waals surface area contributed by atoms with E-state index in [4.69, 9.17) is 5.26 Å². The molecule has 6 nitrogen and oxygen atoms in total. The van der Waals surface area contributed by atoms with E-state index in [-0.39, 0.29) is 11.8 Å². The SMILES string of the molecule is N#Cc1ccc(NC(=O)CCc2cccc(NC(=O)c3ccc4c(c3)CCNC4)c2)cc1. The normalized spacial score (nSPS) is 12.3. The molecule has 4 rings (SSSR count). The number of nitriles is 1. The van der Waals surface area contributed by atoms with E-state index in [1.807, 2.05) is 42.5 Å². The second-order valence-electron chi connectivity index (χ2n) is 7.80. The van der Waals surface area contributed by atoms with Crippen LogP contribution in [0.2, 0.25) is 0 Å². The molecule has 0 saturated carbocycles. The fraction of sp³-hybridized carbons (Fsp3) is 0.192. The number of amides is 2. The molecule has 0 fully saturated rings. The molecule has 0 spiro atoms. The summed E-state index contributed by atoms with van der Waals surface area (Å²) in [6, 6.07) is 22.2. The molecule has 3 N–H and O–H groups in total.